The van der Waals surface area contributed by atoms with Crippen LogP contribution in [0.4, 0.5) is 34.1 Å². The number of alkyl halides is 3. The number of rotatable bonds is 7. The van der Waals surface area contributed by atoms with E-state index in [0.717, 1.165) is 22.6 Å². The highest BCUT2D eigenvalue weighted by molar-refractivity contribution is 6.21. The molecule has 1 aliphatic rings. The zero-order valence-corrected chi connectivity index (χ0v) is 19.5. The largest absolute Gasteiger partial charge is 0.573 e. The van der Waals surface area contributed by atoms with Gasteiger partial charge in [0.05, 0.1) is 24.1 Å². The summed E-state index contributed by atoms with van der Waals surface area (Å²) in [5, 5.41) is 5.45. The normalized spacial score (nSPS) is 15.6. The van der Waals surface area contributed by atoms with E-state index in [1.54, 1.807) is 13.0 Å². The van der Waals surface area contributed by atoms with Crippen molar-refractivity contribution in [1.29, 1.82) is 0 Å². The number of pyridine rings is 1. The lowest BCUT2D eigenvalue weighted by Crippen LogP contribution is -2.34. The lowest BCUT2D eigenvalue weighted by molar-refractivity contribution is -0.274. The average Bonchev–Trinajstić information content (AvgIpc) is 3.07. The van der Waals surface area contributed by atoms with Crippen molar-refractivity contribution in [3.63, 3.8) is 0 Å². The second-order valence-corrected chi connectivity index (χ2v) is 8.13. The summed E-state index contributed by atoms with van der Waals surface area (Å²) in [7, 11) is 0. The molecule has 0 radical (unpaired) electrons. The Labute approximate surface area is 209 Å². The molecule has 2 aromatic carbocycles. The Morgan fingerprint density at radius 3 is 2.43 bits per heavy atom. The number of anilines is 2. The highest BCUT2D eigenvalue weighted by Gasteiger charge is 2.43. The fourth-order valence-electron chi connectivity index (χ4n) is 3.75. The van der Waals surface area contributed by atoms with Gasteiger partial charge in [-0.15, -0.1) is 13.2 Å². The monoisotopic (exact) mass is 513 g/mol. The molecular weight excluding hydrogens is 491 g/mol. The minimum Gasteiger partial charge on any atom is -0.406 e. The van der Waals surface area contributed by atoms with Gasteiger partial charge in [0, 0.05) is 12.7 Å². The smallest absolute Gasteiger partial charge is 0.406 e. The van der Waals surface area contributed by atoms with Gasteiger partial charge in [-0.25, -0.2) is 14.5 Å². The molecule has 1 atom stereocenters. The fourth-order valence-corrected chi connectivity index (χ4v) is 3.75. The minimum atomic E-state index is -4.86. The summed E-state index contributed by atoms with van der Waals surface area (Å²) in [4.78, 5) is 44.7. The van der Waals surface area contributed by atoms with E-state index in [0.29, 0.717) is 17.8 Å². The van der Waals surface area contributed by atoms with Gasteiger partial charge >= 0.3 is 18.4 Å². The molecule has 12 heteroatoms. The van der Waals surface area contributed by atoms with Crippen molar-refractivity contribution in [2.45, 2.75) is 32.4 Å². The van der Waals surface area contributed by atoms with Crippen LogP contribution in [0.15, 0.2) is 73.1 Å². The number of imide groups is 1. The van der Waals surface area contributed by atoms with Crippen molar-refractivity contribution in [3.05, 3.63) is 84.2 Å². The van der Waals surface area contributed by atoms with E-state index in [-0.39, 0.29) is 12.2 Å². The quantitative estimate of drug-likeness (QED) is 0.448. The number of urea groups is 2. The van der Waals surface area contributed by atoms with Crippen LogP contribution in [0.3, 0.4) is 0 Å². The fraction of sp³-hybridized carbons (Fsp3) is 0.200. The highest BCUT2D eigenvalue weighted by Crippen LogP contribution is 2.30. The maximum atomic E-state index is 13.1. The number of nitrogens with zero attached hydrogens (tertiary/aromatic N) is 3. The van der Waals surface area contributed by atoms with Crippen LogP contribution in [0.5, 0.6) is 5.75 Å². The lowest BCUT2D eigenvalue weighted by Gasteiger charge is -2.21. The van der Waals surface area contributed by atoms with Crippen LogP contribution in [-0.2, 0) is 17.9 Å². The van der Waals surface area contributed by atoms with Gasteiger partial charge < -0.3 is 20.3 Å². The van der Waals surface area contributed by atoms with E-state index in [1.807, 2.05) is 30.3 Å². The molecule has 37 heavy (non-hydrogen) atoms. The summed E-state index contributed by atoms with van der Waals surface area (Å²) in [5.74, 6) is -1.02. The zero-order valence-electron chi connectivity index (χ0n) is 19.5. The molecule has 9 nitrogen and oxygen atoms in total. The molecule has 0 aliphatic carbocycles. The molecule has 2 N–H and O–H groups in total. The summed E-state index contributed by atoms with van der Waals surface area (Å²) >= 11 is 0. The third-order valence-electron chi connectivity index (χ3n) is 5.61. The summed E-state index contributed by atoms with van der Waals surface area (Å²) in [5.41, 5.74) is 1.91. The highest BCUT2D eigenvalue weighted by atomic mass is 19.4. The number of carbonyl (C=O) groups is 3. The molecule has 0 bridgehead atoms. The maximum Gasteiger partial charge on any atom is 0.573 e. The van der Waals surface area contributed by atoms with Crippen LogP contribution in [-0.4, -0.2) is 40.3 Å². The Hall–Kier alpha value is -4.61. The number of hydrogen-bond donors (Lipinski definition) is 2. The summed E-state index contributed by atoms with van der Waals surface area (Å²) in [6.45, 7) is 1.83. The van der Waals surface area contributed by atoms with E-state index < -0.39 is 36.1 Å². The van der Waals surface area contributed by atoms with Gasteiger partial charge in [-0.05, 0) is 48.4 Å². The lowest BCUT2D eigenvalue weighted by atomic mass is 10.2. The number of halogens is 3. The topological polar surface area (TPSA) is 104 Å². The summed E-state index contributed by atoms with van der Waals surface area (Å²) < 4.78 is 41.1. The van der Waals surface area contributed by atoms with Gasteiger partial charge in [0.15, 0.2) is 0 Å². The zero-order chi connectivity index (χ0) is 26.6. The number of amides is 5. The predicted molar refractivity (Wildman–Crippen MR) is 128 cm³/mol. The van der Waals surface area contributed by atoms with Crippen molar-refractivity contribution in [2.24, 2.45) is 0 Å². The van der Waals surface area contributed by atoms with Crippen molar-refractivity contribution in [1.82, 2.24) is 15.2 Å². The van der Waals surface area contributed by atoms with E-state index in [2.05, 4.69) is 20.4 Å². The molecule has 3 aromatic rings. The molecule has 0 saturated carbocycles. The number of nitrogens with one attached hydrogen (secondary N) is 2. The molecule has 1 unspecified atom stereocenters. The first-order valence-electron chi connectivity index (χ1n) is 11.1. The number of ether oxygens (including phenoxy) is 1. The number of benzene rings is 2. The van der Waals surface area contributed by atoms with Crippen LogP contribution in [0.2, 0.25) is 0 Å². The van der Waals surface area contributed by atoms with E-state index >= 15 is 0 Å². The Bertz CT molecular complexity index is 1290. The van der Waals surface area contributed by atoms with Crippen molar-refractivity contribution >= 4 is 29.3 Å². The van der Waals surface area contributed by atoms with Crippen LogP contribution in [0.25, 0.3) is 0 Å². The second kappa shape index (κ2) is 10.6. The molecule has 0 spiro atoms. The van der Waals surface area contributed by atoms with Gasteiger partial charge in [-0.1, -0.05) is 30.3 Å². The molecule has 1 aliphatic heterocycles. The van der Waals surface area contributed by atoms with Crippen molar-refractivity contribution in [3.8, 4) is 5.75 Å². The van der Waals surface area contributed by atoms with Crippen LogP contribution in [0.1, 0.15) is 18.1 Å². The second-order valence-electron chi connectivity index (χ2n) is 8.13. The Kier molecular flexibility index (Phi) is 7.27. The first-order chi connectivity index (χ1) is 17.6. The number of carbonyl (C=O) groups excluding carboxylic acids is 3. The molecule has 1 fully saturated rings. The number of aromatic nitrogens is 1. The van der Waals surface area contributed by atoms with Gasteiger partial charge in [0.2, 0.25) is 0 Å². The molecule has 1 aromatic heterocycles. The standard InChI is InChI=1S/C25H22F3N5O4/c1-16-22(34)33(19-7-9-20(10-8-19)37-25(26,27)28)24(36)32(16)15-18-11-12-29-14-21(18)31-23(35)30-13-17-5-3-2-4-6-17/h2-12,14,16H,13,15H2,1H3,(H2,30,31,35). The van der Waals surface area contributed by atoms with E-state index in [9.17, 15) is 27.6 Å². The first kappa shape index (κ1) is 25.5. The van der Waals surface area contributed by atoms with Gasteiger partial charge in [0.1, 0.15) is 11.8 Å². The maximum absolute atomic E-state index is 13.1. The van der Waals surface area contributed by atoms with Crippen molar-refractivity contribution in [2.75, 3.05) is 10.2 Å². The number of hydrogen-bond acceptors (Lipinski definition) is 5. The van der Waals surface area contributed by atoms with Crippen LogP contribution >= 0.6 is 0 Å². The third-order valence-corrected chi connectivity index (χ3v) is 5.61. The Balaban J connectivity index is 1.45. The van der Waals surface area contributed by atoms with Crippen LogP contribution < -0.4 is 20.3 Å². The molecule has 1 saturated heterocycles. The summed E-state index contributed by atoms with van der Waals surface area (Å²) in [6, 6.07) is 13.4. The van der Waals surface area contributed by atoms with Gasteiger partial charge in [0.25, 0.3) is 5.91 Å². The van der Waals surface area contributed by atoms with E-state index in [1.165, 1.54) is 29.4 Å². The van der Waals surface area contributed by atoms with E-state index in [4.69, 9.17) is 0 Å². The first-order valence-corrected chi connectivity index (χ1v) is 11.1. The van der Waals surface area contributed by atoms with Gasteiger partial charge in [-0.2, -0.15) is 0 Å². The summed E-state index contributed by atoms with van der Waals surface area (Å²) in [6.07, 6.45) is -1.94. The molecule has 192 valence electrons. The Morgan fingerprint density at radius 1 is 1.05 bits per heavy atom. The average molecular weight is 513 g/mol. The Morgan fingerprint density at radius 2 is 1.76 bits per heavy atom. The SMILES string of the molecule is CC1C(=O)N(c2ccc(OC(F)(F)F)cc2)C(=O)N1Cc1ccncc1NC(=O)NCc1ccccc1. The third kappa shape index (κ3) is 6.15. The minimum absolute atomic E-state index is 0.0195. The van der Waals surface area contributed by atoms with Gasteiger partial charge in [-0.3, -0.25) is 9.78 Å². The van der Waals surface area contributed by atoms with Crippen LogP contribution in [0, 0.1) is 0 Å². The molecule has 4 rings (SSSR count). The molecular formula is C25H22F3N5O4. The predicted octanol–water partition coefficient (Wildman–Crippen LogP) is 4.66. The molecule has 5 amide bonds. The van der Waals surface area contributed by atoms with Crippen molar-refractivity contribution < 1.29 is 32.3 Å². The molecule has 2 heterocycles.